The summed E-state index contributed by atoms with van der Waals surface area (Å²) in [7, 11) is 0. The summed E-state index contributed by atoms with van der Waals surface area (Å²) in [5.74, 6) is 0.110. The maximum absolute atomic E-state index is 13.2. The predicted molar refractivity (Wildman–Crippen MR) is 109 cm³/mol. The third kappa shape index (κ3) is 3.43. The van der Waals surface area contributed by atoms with E-state index in [1.54, 1.807) is 27.4 Å². The van der Waals surface area contributed by atoms with Gasteiger partial charge in [0.2, 0.25) is 5.65 Å². The minimum absolute atomic E-state index is 0.244. The molecule has 5 nitrogen and oxygen atoms in total. The molecule has 0 atom stereocenters. The molecule has 28 heavy (non-hydrogen) atoms. The maximum atomic E-state index is 13.2. The molecule has 4 aromatic rings. The Labute approximate surface area is 169 Å². The number of fused-ring (bicyclic) bond motifs is 1. The standard InChI is InChI=1S/C20H16ClFN4OS/c1-12-3-6-16(9-13(12)2)25-7-8-26-18(19(25)27)23-24-20(26)28-11-14-4-5-15(22)10-17(14)21/h3-10H,11H2,1-2H3. The lowest BCUT2D eigenvalue weighted by Crippen LogP contribution is -2.20. The zero-order valence-corrected chi connectivity index (χ0v) is 16.8. The Balaban J connectivity index is 1.66. The molecule has 2 aromatic carbocycles. The fourth-order valence-corrected chi connectivity index (χ4v) is 4.06. The molecule has 0 unspecified atom stereocenters. The second-order valence-corrected chi connectivity index (χ2v) is 7.79. The number of aryl methyl sites for hydroxylation is 2. The Kier molecular flexibility index (Phi) is 4.95. The van der Waals surface area contributed by atoms with Crippen LogP contribution in [0, 0.1) is 19.7 Å². The van der Waals surface area contributed by atoms with E-state index in [0.717, 1.165) is 16.8 Å². The lowest BCUT2D eigenvalue weighted by atomic mass is 10.1. The summed E-state index contributed by atoms with van der Waals surface area (Å²) in [5.41, 5.74) is 3.84. The SMILES string of the molecule is Cc1ccc(-n2ccn3c(SCc4ccc(F)cc4Cl)nnc3c2=O)cc1C. The minimum Gasteiger partial charge on any atom is -0.280 e. The van der Waals surface area contributed by atoms with Gasteiger partial charge in [-0.05, 0) is 54.8 Å². The number of hydrogen-bond acceptors (Lipinski definition) is 4. The fourth-order valence-electron chi connectivity index (χ4n) is 2.82. The topological polar surface area (TPSA) is 52.2 Å². The van der Waals surface area contributed by atoms with Gasteiger partial charge in [-0.1, -0.05) is 35.5 Å². The van der Waals surface area contributed by atoms with Gasteiger partial charge in [-0.25, -0.2) is 4.39 Å². The summed E-state index contributed by atoms with van der Waals surface area (Å²) < 4.78 is 16.4. The van der Waals surface area contributed by atoms with Crippen molar-refractivity contribution in [1.29, 1.82) is 0 Å². The number of thioether (sulfide) groups is 1. The van der Waals surface area contributed by atoms with Crippen LogP contribution in [0.1, 0.15) is 16.7 Å². The smallest absolute Gasteiger partial charge is 0.280 e. The summed E-state index contributed by atoms with van der Waals surface area (Å²) in [4.78, 5) is 12.9. The van der Waals surface area contributed by atoms with E-state index in [-0.39, 0.29) is 17.0 Å². The lowest BCUT2D eigenvalue weighted by molar-refractivity contribution is 0.627. The molecule has 0 aliphatic carbocycles. The van der Waals surface area contributed by atoms with Crippen molar-refractivity contribution in [2.45, 2.75) is 24.8 Å². The van der Waals surface area contributed by atoms with Gasteiger partial charge in [-0.2, -0.15) is 0 Å². The first-order chi connectivity index (χ1) is 13.4. The van der Waals surface area contributed by atoms with E-state index in [9.17, 15) is 9.18 Å². The molecule has 0 fully saturated rings. The number of hydrogen-bond donors (Lipinski definition) is 0. The van der Waals surface area contributed by atoms with Crippen LogP contribution in [0.2, 0.25) is 5.02 Å². The summed E-state index contributed by atoms with van der Waals surface area (Å²) in [6.45, 7) is 4.04. The second-order valence-electron chi connectivity index (χ2n) is 6.44. The van der Waals surface area contributed by atoms with Crippen LogP contribution in [0.4, 0.5) is 4.39 Å². The summed E-state index contributed by atoms with van der Waals surface area (Å²) in [5, 5.41) is 9.12. The van der Waals surface area contributed by atoms with Gasteiger partial charge < -0.3 is 0 Å². The number of aromatic nitrogens is 4. The van der Waals surface area contributed by atoms with Crippen molar-refractivity contribution < 1.29 is 4.39 Å². The Morgan fingerprint density at radius 1 is 1.07 bits per heavy atom. The van der Waals surface area contributed by atoms with E-state index in [1.165, 1.54) is 29.5 Å². The van der Waals surface area contributed by atoms with Gasteiger partial charge in [0.25, 0.3) is 0 Å². The number of benzene rings is 2. The molecular weight excluding hydrogens is 399 g/mol. The molecule has 0 radical (unpaired) electrons. The zero-order valence-electron chi connectivity index (χ0n) is 15.2. The highest BCUT2D eigenvalue weighted by Crippen LogP contribution is 2.26. The molecule has 0 bridgehead atoms. The van der Waals surface area contributed by atoms with Crippen LogP contribution in [0.5, 0.6) is 0 Å². The maximum Gasteiger partial charge on any atom is 0.300 e. The number of halogens is 2. The van der Waals surface area contributed by atoms with Crippen LogP contribution in [-0.2, 0) is 5.75 Å². The molecule has 142 valence electrons. The summed E-state index contributed by atoms with van der Waals surface area (Å²) >= 11 is 7.45. The van der Waals surface area contributed by atoms with E-state index in [2.05, 4.69) is 10.2 Å². The highest BCUT2D eigenvalue weighted by Gasteiger charge is 2.13. The molecule has 0 spiro atoms. The van der Waals surface area contributed by atoms with Crippen LogP contribution in [0.25, 0.3) is 11.3 Å². The van der Waals surface area contributed by atoms with E-state index >= 15 is 0 Å². The Hall–Kier alpha value is -2.64. The quantitative estimate of drug-likeness (QED) is 0.458. The number of rotatable bonds is 4. The molecule has 0 saturated heterocycles. The van der Waals surface area contributed by atoms with Crippen LogP contribution in [0.3, 0.4) is 0 Å². The third-order valence-electron chi connectivity index (χ3n) is 4.58. The van der Waals surface area contributed by atoms with Crippen molar-refractivity contribution in [1.82, 2.24) is 19.2 Å². The monoisotopic (exact) mass is 414 g/mol. The highest BCUT2D eigenvalue weighted by molar-refractivity contribution is 7.98. The first kappa shape index (κ1) is 18.7. The number of nitrogens with zero attached hydrogens (tertiary/aromatic N) is 4. The van der Waals surface area contributed by atoms with Gasteiger partial charge in [-0.15, -0.1) is 10.2 Å². The van der Waals surface area contributed by atoms with Gasteiger partial charge in [0.15, 0.2) is 5.16 Å². The zero-order chi connectivity index (χ0) is 19.8. The van der Waals surface area contributed by atoms with Gasteiger partial charge in [0.1, 0.15) is 5.82 Å². The molecule has 2 heterocycles. The van der Waals surface area contributed by atoms with Gasteiger partial charge in [0, 0.05) is 28.9 Å². The Morgan fingerprint density at radius 2 is 1.89 bits per heavy atom. The first-order valence-electron chi connectivity index (χ1n) is 8.55. The van der Waals surface area contributed by atoms with Crippen LogP contribution in [0.15, 0.2) is 58.7 Å². The molecular formula is C20H16ClFN4OS. The van der Waals surface area contributed by atoms with Crippen molar-refractivity contribution in [3.63, 3.8) is 0 Å². The minimum atomic E-state index is -0.376. The van der Waals surface area contributed by atoms with Crippen LogP contribution in [-0.4, -0.2) is 19.2 Å². The molecule has 0 N–H and O–H groups in total. The third-order valence-corrected chi connectivity index (χ3v) is 5.92. The van der Waals surface area contributed by atoms with Crippen molar-refractivity contribution in [3.8, 4) is 5.69 Å². The van der Waals surface area contributed by atoms with Crippen molar-refractivity contribution in [3.05, 3.63) is 86.7 Å². The second kappa shape index (κ2) is 7.41. The molecule has 0 aliphatic heterocycles. The van der Waals surface area contributed by atoms with E-state index in [1.807, 2.05) is 32.0 Å². The predicted octanol–water partition coefficient (Wildman–Crippen LogP) is 4.58. The Morgan fingerprint density at radius 3 is 2.64 bits per heavy atom. The average Bonchev–Trinajstić information content (AvgIpc) is 3.08. The molecule has 0 aliphatic rings. The van der Waals surface area contributed by atoms with Crippen LogP contribution >= 0.6 is 23.4 Å². The van der Waals surface area contributed by atoms with Gasteiger partial charge in [0.05, 0.1) is 0 Å². The van der Waals surface area contributed by atoms with Gasteiger partial charge >= 0.3 is 5.56 Å². The average molecular weight is 415 g/mol. The molecule has 4 rings (SSSR count). The first-order valence-corrected chi connectivity index (χ1v) is 9.91. The molecule has 8 heteroatoms. The lowest BCUT2D eigenvalue weighted by Gasteiger charge is -2.09. The summed E-state index contributed by atoms with van der Waals surface area (Å²) in [6.07, 6.45) is 3.47. The molecule has 0 saturated carbocycles. The molecule has 0 amide bonds. The summed E-state index contributed by atoms with van der Waals surface area (Å²) in [6, 6.07) is 10.1. The van der Waals surface area contributed by atoms with Crippen molar-refractivity contribution in [2.75, 3.05) is 0 Å². The van der Waals surface area contributed by atoms with Crippen molar-refractivity contribution >= 4 is 29.0 Å². The normalized spacial score (nSPS) is 11.3. The van der Waals surface area contributed by atoms with Crippen LogP contribution < -0.4 is 5.56 Å². The van der Waals surface area contributed by atoms with Crippen molar-refractivity contribution in [2.24, 2.45) is 0 Å². The Bertz CT molecular complexity index is 1250. The molecule has 2 aromatic heterocycles. The highest BCUT2D eigenvalue weighted by atomic mass is 35.5. The fraction of sp³-hybridized carbons (Fsp3) is 0.150. The largest absolute Gasteiger partial charge is 0.300 e. The van der Waals surface area contributed by atoms with E-state index in [4.69, 9.17) is 11.6 Å². The van der Waals surface area contributed by atoms with Gasteiger partial charge in [-0.3, -0.25) is 13.8 Å². The van der Waals surface area contributed by atoms with E-state index in [0.29, 0.717) is 15.9 Å². The van der Waals surface area contributed by atoms with E-state index < -0.39 is 0 Å².